The third-order valence-electron chi connectivity index (χ3n) is 4.65. The second-order valence-electron chi connectivity index (χ2n) is 6.45. The number of para-hydroxylation sites is 1. The molecule has 0 amide bonds. The first-order chi connectivity index (χ1) is 14.6. The highest BCUT2D eigenvalue weighted by atomic mass is 32.1. The van der Waals surface area contributed by atoms with Crippen LogP contribution in [0.5, 0.6) is 0 Å². The molecule has 0 spiro atoms. The zero-order valence-corrected chi connectivity index (χ0v) is 16.7. The third kappa shape index (κ3) is 3.80. The van der Waals surface area contributed by atoms with Gasteiger partial charge in [-0.15, -0.1) is 11.3 Å². The van der Waals surface area contributed by atoms with Crippen molar-refractivity contribution in [3.05, 3.63) is 83.5 Å². The van der Waals surface area contributed by atoms with Crippen molar-refractivity contribution in [1.29, 1.82) is 0 Å². The number of carbonyl (C=O) groups excluding carboxylic acids is 1. The molecule has 150 valence electrons. The summed E-state index contributed by atoms with van der Waals surface area (Å²) >= 11 is 1.43. The number of nitrogens with zero attached hydrogens (tertiary/aromatic N) is 1. The summed E-state index contributed by atoms with van der Waals surface area (Å²) < 4.78 is 18.2. The van der Waals surface area contributed by atoms with E-state index in [0.29, 0.717) is 22.4 Å². The van der Waals surface area contributed by atoms with Crippen LogP contribution in [0.1, 0.15) is 10.4 Å². The Labute approximate surface area is 176 Å². The Bertz CT molecular complexity index is 1210. The van der Waals surface area contributed by atoms with Gasteiger partial charge in [-0.1, -0.05) is 30.3 Å². The molecule has 0 saturated carbocycles. The Morgan fingerprint density at radius 2 is 1.77 bits per heavy atom. The van der Waals surface area contributed by atoms with E-state index in [1.54, 1.807) is 42.5 Å². The summed E-state index contributed by atoms with van der Waals surface area (Å²) in [6.07, 6.45) is 0. The lowest BCUT2D eigenvalue weighted by atomic mass is 9.96. The lowest BCUT2D eigenvalue weighted by Gasteiger charge is -2.13. The molecule has 5 nitrogen and oxygen atoms in total. The van der Waals surface area contributed by atoms with E-state index in [4.69, 9.17) is 4.74 Å². The number of aromatic nitrogens is 1. The predicted octanol–water partition coefficient (Wildman–Crippen LogP) is 5.87. The molecular formula is C23H17FN2O3S. The Hall–Kier alpha value is -3.55. The lowest BCUT2D eigenvalue weighted by Crippen LogP contribution is -2.05. The van der Waals surface area contributed by atoms with E-state index >= 15 is 0 Å². The van der Waals surface area contributed by atoms with Gasteiger partial charge in [0.1, 0.15) is 10.8 Å². The molecule has 7 heteroatoms. The van der Waals surface area contributed by atoms with Crippen molar-refractivity contribution in [1.82, 2.24) is 4.98 Å². The number of rotatable bonds is 5. The van der Waals surface area contributed by atoms with Gasteiger partial charge in [0.15, 0.2) is 0 Å². The van der Waals surface area contributed by atoms with Crippen molar-refractivity contribution in [2.45, 2.75) is 0 Å². The molecule has 0 aliphatic carbocycles. The summed E-state index contributed by atoms with van der Waals surface area (Å²) in [5.74, 6) is -0.792. The van der Waals surface area contributed by atoms with Crippen molar-refractivity contribution >= 4 is 23.0 Å². The van der Waals surface area contributed by atoms with Crippen LogP contribution < -0.4 is 5.48 Å². The normalized spacial score (nSPS) is 10.6. The number of ether oxygens (including phenoxy) is 1. The van der Waals surface area contributed by atoms with Crippen LogP contribution in [0.3, 0.4) is 0 Å². The summed E-state index contributed by atoms with van der Waals surface area (Å²) in [6.45, 7) is 0. The first-order valence-electron chi connectivity index (χ1n) is 9.04. The van der Waals surface area contributed by atoms with Crippen LogP contribution >= 0.6 is 11.3 Å². The topological polar surface area (TPSA) is 71.5 Å². The Kier molecular flexibility index (Phi) is 5.56. The van der Waals surface area contributed by atoms with Gasteiger partial charge in [-0.2, -0.15) is 0 Å². The van der Waals surface area contributed by atoms with Gasteiger partial charge in [0.05, 0.1) is 24.1 Å². The number of esters is 1. The molecule has 0 aliphatic heterocycles. The molecule has 4 aromatic rings. The highest BCUT2D eigenvalue weighted by molar-refractivity contribution is 7.13. The molecule has 0 atom stereocenters. The lowest BCUT2D eigenvalue weighted by molar-refractivity contribution is 0.0601. The first-order valence-corrected chi connectivity index (χ1v) is 9.92. The van der Waals surface area contributed by atoms with E-state index in [1.807, 2.05) is 17.5 Å². The zero-order chi connectivity index (χ0) is 21.1. The van der Waals surface area contributed by atoms with E-state index in [0.717, 1.165) is 21.8 Å². The largest absolute Gasteiger partial charge is 0.465 e. The molecule has 3 aromatic carbocycles. The van der Waals surface area contributed by atoms with Crippen LogP contribution in [0.15, 0.2) is 72.1 Å². The summed E-state index contributed by atoms with van der Waals surface area (Å²) in [7, 11) is 1.32. The maximum absolute atomic E-state index is 13.2. The van der Waals surface area contributed by atoms with Gasteiger partial charge in [0, 0.05) is 22.1 Å². The van der Waals surface area contributed by atoms with Crippen molar-refractivity contribution in [3.8, 4) is 33.0 Å². The second kappa shape index (κ2) is 8.44. The number of methoxy groups -OCH3 is 1. The van der Waals surface area contributed by atoms with Crippen molar-refractivity contribution in [2.75, 3.05) is 12.6 Å². The van der Waals surface area contributed by atoms with E-state index < -0.39 is 5.97 Å². The SMILES string of the molecule is COC(=O)c1cc(-c2nc(-c3ccc(F)cc3)cs2)ccc1-c1ccccc1NO. The number of halogens is 1. The van der Waals surface area contributed by atoms with Crippen LogP contribution in [-0.2, 0) is 4.74 Å². The number of nitrogens with one attached hydrogen (secondary N) is 1. The maximum Gasteiger partial charge on any atom is 0.338 e. The van der Waals surface area contributed by atoms with Crippen LogP contribution in [0.4, 0.5) is 10.1 Å². The Balaban J connectivity index is 1.77. The van der Waals surface area contributed by atoms with Crippen molar-refractivity contribution < 1.29 is 19.1 Å². The molecule has 2 N–H and O–H groups in total. The molecule has 0 aliphatic rings. The van der Waals surface area contributed by atoms with Gasteiger partial charge in [-0.3, -0.25) is 10.7 Å². The molecule has 1 aromatic heterocycles. The fraction of sp³-hybridized carbons (Fsp3) is 0.0435. The molecule has 30 heavy (non-hydrogen) atoms. The molecule has 0 unspecified atom stereocenters. The molecular weight excluding hydrogens is 403 g/mol. The van der Waals surface area contributed by atoms with Gasteiger partial charge in [-0.25, -0.2) is 14.2 Å². The summed E-state index contributed by atoms with van der Waals surface area (Å²) in [5.41, 5.74) is 6.58. The monoisotopic (exact) mass is 420 g/mol. The first kappa shape index (κ1) is 19.8. The third-order valence-corrected chi connectivity index (χ3v) is 5.55. The van der Waals surface area contributed by atoms with Crippen LogP contribution in [0.2, 0.25) is 0 Å². The molecule has 0 saturated heterocycles. The average Bonchev–Trinajstić information content (AvgIpc) is 3.29. The van der Waals surface area contributed by atoms with Gasteiger partial charge in [0.25, 0.3) is 0 Å². The predicted molar refractivity (Wildman–Crippen MR) is 115 cm³/mol. The molecule has 0 fully saturated rings. The highest BCUT2D eigenvalue weighted by Gasteiger charge is 2.18. The summed E-state index contributed by atoms with van der Waals surface area (Å²) in [6, 6.07) is 18.6. The maximum atomic E-state index is 13.2. The fourth-order valence-corrected chi connectivity index (χ4v) is 3.99. The molecule has 0 radical (unpaired) electrons. The number of carbonyl (C=O) groups is 1. The number of hydrogen-bond donors (Lipinski definition) is 2. The Morgan fingerprint density at radius 1 is 1.03 bits per heavy atom. The quantitative estimate of drug-likeness (QED) is 0.312. The van der Waals surface area contributed by atoms with E-state index in [-0.39, 0.29) is 5.82 Å². The minimum Gasteiger partial charge on any atom is -0.465 e. The minimum absolute atomic E-state index is 0.301. The number of thiazole rings is 1. The van der Waals surface area contributed by atoms with Gasteiger partial charge in [-0.05, 0) is 42.0 Å². The minimum atomic E-state index is -0.491. The number of benzene rings is 3. The zero-order valence-electron chi connectivity index (χ0n) is 15.9. The highest BCUT2D eigenvalue weighted by Crippen LogP contribution is 2.35. The van der Waals surface area contributed by atoms with Crippen molar-refractivity contribution in [2.24, 2.45) is 0 Å². The van der Waals surface area contributed by atoms with Crippen LogP contribution in [0, 0.1) is 5.82 Å². The summed E-state index contributed by atoms with van der Waals surface area (Å²) in [4.78, 5) is 17.1. The number of anilines is 1. The molecule has 1 heterocycles. The Morgan fingerprint density at radius 3 is 2.50 bits per heavy atom. The van der Waals surface area contributed by atoms with Gasteiger partial charge >= 0.3 is 5.97 Å². The fourth-order valence-electron chi connectivity index (χ4n) is 3.17. The van der Waals surface area contributed by atoms with E-state index in [9.17, 15) is 14.4 Å². The van der Waals surface area contributed by atoms with Gasteiger partial charge < -0.3 is 4.74 Å². The average molecular weight is 420 g/mol. The molecule has 0 bridgehead atoms. The standard InChI is InChI=1S/C23H17FN2O3S/c1-29-23(27)19-12-15(8-11-17(19)18-4-2-3-5-20(18)26-28)22-25-21(13-30-22)14-6-9-16(24)10-7-14/h2-13,26,28H,1H3. The summed E-state index contributed by atoms with van der Waals surface area (Å²) in [5, 5.41) is 12.0. The number of hydrogen-bond acceptors (Lipinski definition) is 6. The van der Waals surface area contributed by atoms with Gasteiger partial charge in [0.2, 0.25) is 0 Å². The molecule has 4 rings (SSSR count). The second-order valence-corrected chi connectivity index (χ2v) is 7.31. The van der Waals surface area contributed by atoms with Crippen LogP contribution in [-0.4, -0.2) is 23.3 Å². The van der Waals surface area contributed by atoms with E-state index in [2.05, 4.69) is 10.5 Å². The van der Waals surface area contributed by atoms with E-state index in [1.165, 1.54) is 30.6 Å². The van der Waals surface area contributed by atoms with Crippen molar-refractivity contribution in [3.63, 3.8) is 0 Å². The smallest absolute Gasteiger partial charge is 0.338 e. The van der Waals surface area contributed by atoms with Crippen LogP contribution in [0.25, 0.3) is 33.0 Å².